The van der Waals surface area contributed by atoms with Crippen molar-refractivity contribution in [3.05, 3.63) is 144 Å². The summed E-state index contributed by atoms with van der Waals surface area (Å²) in [6.45, 7) is 0. The van der Waals surface area contributed by atoms with Crippen LogP contribution in [0.2, 0.25) is 0 Å². The molecule has 0 fully saturated rings. The summed E-state index contributed by atoms with van der Waals surface area (Å²) in [5.74, 6) is 0. The quantitative estimate of drug-likeness (QED) is 0.236. The monoisotopic (exact) mass is 525 g/mol. The van der Waals surface area contributed by atoms with Gasteiger partial charge in [0, 0.05) is 15.8 Å². The molecule has 172 valence electrons. The van der Waals surface area contributed by atoms with Crippen LogP contribution in [0.15, 0.2) is 144 Å². The van der Waals surface area contributed by atoms with Crippen LogP contribution >= 0.6 is 15.9 Å². The van der Waals surface area contributed by atoms with Crippen molar-refractivity contribution < 1.29 is 0 Å². The number of hydrogen-bond donors (Lipinski definition) is 1. The summed E-state index contributed by atoms with van der Waals surface area (Å²) >= 11 is 3.64. The van der Waals surface area contributed by atoms with Crippen LogP contribution in [-0.2, 0) is 0 Å². The summed E-state index contributed by atoms with van der Waals surface area (Å²) in [4.78, 5) is 0. The van der Waals surface area contributed by atoms with E-state index in [0.29, 0.717) is 0 Å². The summed E-state index contributed by atoms with van der Waals surface area (Å²) in [6.07, 6.45) is 0. The first-order valence-corrected chi connectivity index (χ1v) is 12.8. The molecule has 6 aromatic carbocycles. The second-order valence-corrected chi connectivity index (χ2v) is 9.72. The molecule has 0 saturated heterocycles. The zero-order chi connectivity index (χ0) is 24.3. The highest BCUT2D eigenvalue weighted by Crippen LogP contribution is 2.32. The fourth-order valence-corrected chi connectivity index (χ4v) is 5.17. The van der Waals surface area contributed by atoms with E-state index in [4.69, 9.17) is 0 Å². The van der Waals surface area contributed by atoms with Gasteiger partial charge in [-0.15, -0.1) is 0 Å². The fourth-order valence-electron chi connectivity index (χ4n) is 4.66. The minimum Gasteiger partial charge on any atom is -0.356 e. The molecule has 0 heterocycles. The lowest BCUT2D eigenvalue weighted by Crippen LogP contribution is -1.90. The lowest BCUT2D eigenvalue weighted by atomic mass is 9.96. The van der Waals surface area contributed by atoms with Gasteiger partial charge in [-0.1, -0.05) is 125 Å². The van der Waals surface area contributed by atoms with E-state index in [0.717, 1.165) is 15.8 Å². The molecule has 0 aliphatic rings. The smallest absolute Gasteiger partial charge is 0.0384 e. The van der Waals surface area contributed by atoms with E-state index in [1.807, 2.05) is 6.07 Å². The maximum Gasteiger partial charge on any atom is 0.0384 e. The first kappa shape index (κ1) is 22.3. The van der Waals surface area contributed by atoms with Gasteiger partial charge in [0.05, 0.1) is 0 Å². The molecule has 0 aliphatic heterocycles. The number of halogens is 1. The third kappa shape index (κ3) is 4.56. The Labute approximate surface area is 220 Å². The lowest BCUT2D eigenvalue weighted by Gasteiger charge is -2.11. The molecule has 0 aliphatic carbocycles. The van der Waals surface area contributed by atoms with Crippen molar-refractivity contribution in [1.82, 2.24) is 0 Å². The Morgan fingerprint density at radius 1 is 0.389 bits per heavy atom. The van der Waals surface area contributed by atoms with Crippen LogP contribution in [0.3, 0.4) is 0 Å². The van der Waals surface area contributed by atoms with E-state index in [2.05, 4.69) is 155 Å². The van der Waals surface area contributed by atoms with Gasteiger partial charge in [0.2, 0.25) is 0 Å². The van der Waals surface area contributed by atoms with Gasteiger partial charge in [-0.25, -0.2) is 0 Å². The van der Waals surface area contributed by atoms with Gasteiger partial charge in [-0.3, -0.25) is 0 Å². The first-order chi connectivity index (χ1) is 17.7. The van der Waals surface area contributed by atoms with Crippen LogP contribution in [0.1, 0.15) is 0 Å². The highest BCUT2D eigenvalue weighted by Gasteiger charge is 2.06. The number of nitrogens with one attached hydrogen (secondary N) is 1. The minimum atomic E-state index is 1.07. The molecule has 6 rings (SSSR count). The van der Waals surface area contributed by atoms with E-state index < -0.39 is 0 Å². The highest BCUT2D eigenvalue weighted by atomic mass is 79.9. The van der Waals surface area contributed by atoms with Crippen LogP contribution in [0, 0.1) is 0 Å². The summed E-state index contributed by atoms with van der Waals surface area (Å²) in [6, 6.07) is 49.3. The fraction of sp³-hybridized carbons (Fsp3) is 0. The van der Waals surface area contributed by atoms with Gasteiger partial charge in [0.1, 0.15) is 0 Å². The van der Waals surface area contributed by atoms with E-state index in [-0.39, 0.29) is 0 Å². The minimum absolute atomic E-state index is 1.07. The number of benzene rings is 6. The molecule has 0 bridgehead atoms. The Morgan fingerprint density at radius 3 is 1.56 bits per heavy atom. The lowest BCUT2D eigenvalue weighted by molar-refractivity contribution is 1.53. The van der Waals surface area contributed by atoms with Crippen LogP contribution in [0.25, 0.3) is 44.2 Å². The standard InChI is InChI=1S/C34H24BrN/c35-34-11-4-3-9-33(34)28-18-22-30(23-19-28)36-29-20-16-25(17-21-29)24-12-14-27(15-13-24)32-10-5-7-26-6-1-2-8-31(26)32/h1-23,36H. The van der Waals surface area contributed by atoms with Crippen molar-refractivity contribution in [2.45, 2.75) is 0 Å². The van der Waals surface area contributed by atoms with E-state index >= 15 is 0 Å². The molecule has 1 N–H and O–H groups in total. The van der Waals surface area contributed by atoms with Crippen molar-refractivity contribution in [3.63, 3.8) is 0 Å². The van der Waals surface area contributed by atoms with Gasteiger partial charge in [0.25, 0.3) is 0 Å². The number of rotatable bonds is 5. The predicted octanol–water partition coefficient (Wildman–Crippen LogP) is 10.3. The van der Waals surface area contributed by atoms with Gasteiger partial charge in [-0.2, -0.15) is 0 Å². The van der Waals surface area contributed by atoms with Crippen LogP contribution in [-0.4, -0.2) is 0 Å². The molecule has 0 spiro atoms. The maximum atomic E-state index is 3.64. The summed E-state index contributed by atoms with van der Waals surface area (Å²) in [5, 5.41) is 6.06. The molecule has 0 atom stereocenters. The summed E-state index contributed by atoms with van der Waals surface area (Å²) in [5.41, 5.74) is 9.44. The number of anilines is 2. The second kappa shape index (κ2) is 9.85. The van der Waals surface area contributed by atoms with Crippen LogP contribution < -0.4 is 5.32 Å². The Balaban J connectivity index is 1.18. The molecule has 0 saturated carbocycles. The first-order valence-electron chi connectivity index (χ1n) is 12.1. The van der Waals surface area contributed by atoms with Crippen LogP contribution in [0.5, 0.6) is 0 Å². The van der Waals surface area contributed by atoms with Crippen molar-refractivity contribution >= 4 is 38.1 Å². The van der Waals surface area contributed by atoms with E-state index in [1.54, 1.807) is 0 Å². The molecule has 2 heteroatoms. The third-order valence-electron chi connectivity index (χ3n) is 6.56. The molecular formula is C34H24BrN. The topological polar surface area (TPSA) is 12.0 Å². The van der Waals surface area contributed by atoms with Gasteiger partial charge in [-0.05, 0) is 74.5 Å². The van der Waals surface area contributed by atoms with Gasteiger partial charge >= 0.3 is 0 Å². The number of hydrogen-bond acceptors (Lipinski definition) is 1. The summed E-state index contributed by atoms with van der Waals surface area (Å²) < 4.78 is 1.10. The number of fused-ring (bicyclic) bond motifs is 1. The Kier molecular flexibility index (Phi) is 6.11. The van der Waals surface area contributed by atoms with Gasteiger partial charge in [0.15, 0.2) is 0 Å². The molecule has 0 radical (unpaired) electrons. The van der Waals surface area contributed by atoms with Crippen molar-refractivity contribution in [3.8, 4) is 33.4 Å². The molecule has 36 heavy (non-hydrogen) atoms. The zero-order valence-corrected chi connectivity index (χ0v) is 21.2. The normalized spacial score (nSPS) is 10.9. The SMILES string of the molecule is Brc1ccccc1-c1ccc(Nc2ccc(-c3ccc(-c4cccc5ccccc45)cc3)cc2)cc1. The molecule has 0 aromatic heterocycles. The maximum absolute atomic E-state index is 3.64. The third-order valence-corrected chi connectivity index (χ3v) is 7.25. The zero-order valence-electron chi connectivity index (χ0n) is 19.7. The Morgan fingerprint density at radius 2 is 0.861 bits per heavy atom. The molecule has 6 aromatic rings. The molecular weight excluding hydrogens is 502 g/mol. The Bertz CT molecular complexity index is 1630. The second-order valence-electron chi connectivity index (χ2n) is 8.86. The molecule has 0 amide bonds. The van der Waals surface area contributed by atoms with E-state index in [9.17, 15) is 0 Å². The van der Waals surface area contributed by atoms with Gasteiger partial charge < -0.3 is 5.32 Å². The predicted molar refractivity (Wildman–Crippen MR) is 158 cm³/mol. The van der Waals surface area contributed by atoms with Crippen molar-refractivity contribution in [1.29, 1.82) is 0 Å². The average molecular weight is 526 g/mol. The Hall–Kier alpha value is -4.14. The molecule has 0 unspecified atom stereocenters. The summed E-state index contributed by atoms with van der Waals surface area (Å²) in [7, 11) is 0. The van der Waals surface area contributed by atoms with Crippen LogP contribution in [0.4, 0.5) is 11.4 Å². The van der Waals surface area contributed by atoms with Crippen molar-refractivity contribution in [2.75, 3.05) is 5.32 Å². The van der Waals surface area contributed by atoms with Crippen molar-refractivity contribution in [2.24, 2.45) is 0 Å². The molecule has 1 nitrogen and oxygen atoms in total. The largest absolute Gasteiger partial charge is 0.356 e. The highest BCUT2D eigenvalue weighted by molar-refractivity contribution is 9.10. The van der Waals surface area contributed by atoms with E-state index in [1.165, 1.54) is 44.2 Å². The average Bonchev–Trinajstić information content (AvgIpc) is 2.94.